The lowest BCUT2D eigenvalue weighted by Crippen LogP contribution is -2.02. The van der Waals surface area contributed by atoms with Crippen LogP contribution in [0.2, 0.25) is 0 Å². The molecule has 1 fully saturated rings. The van der Waals surface area contributed by atoms with Gasteiger partial charge in [0.15, 0.2) is 11.6 Å². The topological polar surface area (TPSA) is 33.0 Å². The summed E-state index contributed by atoms with van der Waals surface area (Å²) in [5, 5.41) is 8.92. The molecule has 0 bridgehead atoms. The maximum atomic E-state index is 13.3. The third-order valence-electron chi connectivity index (χ3n) is 2.85. The summed E-state index contributed by atoms with van der Waals surface area (Å²) in [4.78, 5) is 0. The average Bonchev–Trinajstić information content (AvgIpc) is 2.99. The van der Waals surface area contributed by atoms with Crippen molar-refractivity contribution in [2.75, 3.05) is 7.11 Å². The molecule has 15 heavy (non-hydrogen) atoms. The van der Waals surface area contributed by atoms with E-state index in [0.717, 1.165) is 18.4 Å². The minimum atomic E-state index is -0.358. The fraction of sp³-hybridized carbons (Fsp3) is 0.417. The second-order valence-corrected chi connectivity index (χ2v) is 4.04. The first-order chi connectivity index (χ1) is 7.19. The zero-order chi connectivity index (χ0) is 10.9. The minimum absolute atomic E-state index is 0.221. The van der Waals surface area contributed by atoms with Crippen molar-refractivity contribution in [1.29, 1.82) is 5.26 Å². The number of halogens is 1. The zero-order valence-corrected chi connectivity index (χ0v) is 8.59. The highest BCUT2D eigenvalue weighted by molar-refractivity contribution is 5.31. The first-order valence-electron chi connectivity index (χ1n) is 4.93. The van der Waals surface area contributed by atoms with Crippen LogP contribution in [0.4, 0.5) is 4.39 Å². The van der Waals surface area contributed by atoms with Crippen molar-refractivity contribution >= 4 is 0 Å². The van der Waals surface area contributed by atoms with Gasteiger partial charge in [-0.1, -0.05) is 6.07 Å². The van der Waals surface area contributed by atoms with Gasteiger partial charge in [0.2, 0.25) is 0 Å². The van der Waals surface area contributed by atoms with E-state index < -0.39 is 0 Å². The van der Waals surface area contributed by atoms with Crippen molar-refractivity contribution in [2.24, 2.45) is 5.41 Å². The molecule has 78 valence electrons. The summed E-state index contributed by atoms with van der Waals surface area (Å²) in [6.07, 6.45) is 2.50. The SMILES string of the molecule is COc1ccc(CC2(C#N)CC2)cc1F. The minimum Gasteiger partial charge on any atom is -0.494 e. The molecular weight excluding hydrogens is 193 g/mol. The predicted molar refractivity (Wildman–Crippen MR) is 53.9 cm³/mol. The molecule has 1 aliphatic carbocycles. The lowest BCUT2D eigenvalue weighted by Gasteiger charge is -2.07. The van der Waals surface area contributed by atoms with Crippen LogP contribution in [0.25, 0.3) is 0 Å². The van der Waals surface area contributed by atoms with Gasteiger partial charge in [0.05, 0.1) is 18.6 Å². The maximum Gasteiger partial charge on any atom is 0.165 e. The Kier molecular flexibility index (Phi) is 2.36. The molecule has 0 aliphatic heterocycles. The van der Waals surface area contributed by atoms with E-state index in [4.69, 9.17) is 10.00 Å². The Bertz CT molecular complexity index is 418. The summed E-state index contributed by atoms with van der Waals surface area (Å²) in [7, 11) is 1.44. The molecule has 0 aromatic heterocycles. The van der Waals surface area contributed by atoms with Gasteiger partial charge < -0.3 is 4.74 Å². The van der Waals surface area contributed by atoms with Crippen molar-refractivity contribution in [3.05, 3.63) is 29.6 Å². The standard InChI is InChI=1S/C12H12FNO/c1-15-11-3-2-9(6-10(11)13)7-12(8-14)4-5-12/h2-3,6H,4-5,7H2,1H3. The summed E-state index contributed by atoms with van der Waals surface area (Å²) in [6.45, 7) is 0. The van der Waals surface area contributed by atoms with Gasteiger partial charge in [-0.05, 0) is 37.0 Å². The van der Waals surface area contributed by atoms with Crippen LogP contribution in [0.1, 0.15) is 18.4 Å². The van der Waals surface area contributed by atoms with Gasteiger partial charge in [-0.15, -0.1) is 0 Å². The monoisotopic (exact) mass is 205 g/mol. The molecule has 3 heteroatoms. The molecule has 0 saturated heterocycles. The van der Waals surface area contributed by atoms with Gasteiger partial charge in [-0.2, -0.15) is 5.26 Å². The second-order valence-electron chi connectivity index (χ2n) is 4.04. The molecule has 0 N–H and O–H groups in total. The van der Waals surface area contributed by atoms with E-state index >= 15 is 0 Å². The molecule has 0 amide bonds. The molecule has 1 aliphatic rings. The number of rotatable bonds is 3. The van der Waals surface area contributed by atoms with Gasteiger partial charge in [-0.25, -0.2) is 4.39 Å². The van der Waals surface area contributed by atoms with Crippen LogP contribution >= 0.6 is 0 Å². The highest BCUT2D eigenvalue weighted by Crippen LogP contribution is 2.47. The summed E-state index contributed by atoms with van der Waals surface area (Å²) >= 11 is 0. The Morgan fingerprint density at radius 3 is 2.73 bits per heavy atom. The van der Waals surface area contributed by atoms with E-state index in [-0.39, 0.29) is 17.0 Å². The Morgan fingerprint density at radius 1 is 1.53 bits per heavy atom. The fourth-order valence-electron chi connectivity index (χ4n) is 1.69. The predicted octanol–water partition coefficient (Wildman–Crippen LogP) is 2.68. The molecule has 2 rings (SSSR count). The largest absolute Gasteiger partial charge is 0.494 e. The lowest BCUT2D eigenvalue weighted by atomic mass is 9.98. The van der Waals surface area contributed by atoms with Crippen molar-refractivity contribution in [3.8, 4) is 11.8 Å². The lowest BCUT2D eigenvalue weighted by molar-refractivity contribution is 0.386. The number of hydrogen-bond acceptors (Lipinski definition) is 2. The van der Waals surface area contributed by atoms with E-state index in [1.54, 1.807) is 6.07 Å². The quantitative estimate of drug-likeness (QED) is 0.760. The fourth-order valence-corrected chi connectivity index (χ4v) is 1.69. The molecule has 2 nitrogen and oxygen atoms in total. The van der Waals surface area contributed by atoms with Crippen LogP contribution in [0, 0.1) is 22.6 Å². The van der Waals surface area contributed by atoms with Crippen LogP contribution in [0.5, 0.6) is 5.75 Å². The van der Waals surface area contributed by atoms with E-state index in [2.05, 4.69) is 6.07 Å². The van der Waals surface area contributed by atoms with Crippen LogP contribution in [0.15, 0.2) is 18.2 Å². The van der Waals surface area contributed by atoms with Crippen LogP contribution in [0.3, 0.4) is 0 Å². The molecule has 1 aromatic carbocycles. The van der Waals surface area contributed by atoms with Gasteiger partial charge in [0, 0.05) is 0 Å². The molecular formula is C12H12FNO. The van der Waals surface area contributed by atoms with Crippen LogP contribution in [-0.4, -0.2) is 7.11 Å². The average molecular weight is 205 g/mol. The van der Waals surface area contributed by atoms with Gasteiger partial charge >= 0.3 is 0 Å². The van der Waals surface area contributed by atoms with Crippen molar-refractivity contribution < 1.29 is 9.13 Å². The Balaban J connectivity index is 2.17. The summed E-state index contributed by atoms with van der Waals surface area (Å²) in [5.74, 6) is -0.107. The number of methoxy groups -OCH3 is 1. The Hall–Kier alpha value is -1.56. The maximum absolute atomic E-state index is 13.3. The van der Waals surface area contributed by atoms with Crippen molar-refractivity contribution in [3.63, 3.8) is 0 Å². The third-order valence-corrected chi connectivity index (χ3v) is 2.85. The number of ether oxygens (including phenoxy) is 1. The molecule has 0 spiro atoms. The highest BCUT2D eigenvalue weighted by atomic mass is 19.1. The zero-order valence-electron chi connectivity index (χ0n) is 8.59. The van der Waals surface area contributed by atoms with Crippen molar-refractivity contribution in [1.82, 2.24) is 0 Å². The highest BCUT2D eigenvalue weighted by Gasteiger charge is 2.42. The number of nitrogens with zero attached hydrogens (tertiary/aromatic N) is 1. The van der Waals surface area contributed by atoms with Gasteiger partial charge in [-0.3, -0.25) is 0 Å². The first-order valence-corrected chi connectivity index (χ1v) is 4.93. The molecule has 0 atom stereocenters. The van der Waals surface area contributed by atoms with E-state index in [9.17, 15) is 4.39 Å². The molecule has 1 saturated carbocycles. The number of nitriles is 1. The van der Waals surface area contributed by atoms with Crippen molar-refractivity contribution in [2.45, 2.75) is 19.3 Å². The van der Waals surface area contributed by atoms with E-state index in [1.807, 2.05) is 6.07 Å². The number of hydrogen-bond donors (Lipinski definition) is 0. The summed E-state index contributed by atoms with van der Waals surface area (Å²) in [6, 6.07) is 7.18. The van der Waals surface area contributed by atoms with Crippen LogP contribution < -0.4 is 4.74 Å². The van der Waals surface area contributed by atoms with Gasteiger partial charge in [0.1, 0.15) is 0 Å². The van der Waals surface area contributed by atoms with E-state index in [1.165, 1.54) is 13.2 Å². The Labute approximate surface area is 88.3 Å². The molecule has 0 radical (unpaired) electrons. The van der Waals surface area contributed by atoms with Gasteiger partial charge in [0.25, 0.3) is 0 Å². The second kappa shape index (κ2) is 3.54. The molecule has 0 unspecified atom stereocenters. The normalized spacial score (nSPS) is 16.9. The summed E-state index contributed by atoms with van der Waals surface area (Å²) < 4.78 is 18.2. The molecule has 0 heterocycles. The third kappa shape index (κ3) is 1.94. The first kappa shape index (κ1) is 9.97. The molecule has 1 aromatic rings. The van der Waals surface area contributed by atoms with Crippen LogP contribution in [-0.2, 0) is 6.42 Å². The van der Waals surface area contributed by atoms with E-state index in [0.29, 0.717) is 6.42 Å². The number of benzene rings is 1. The summed E-state index contributed by atoms with van der Waals surface area (Å²) in [5.41, 5.74) is 0.647. The Morgan fingerprint density at radius 2 is 2.27 bits per heavy atom. The smallest absolute Gasteiger partial charge is 0.165 e.